The van der Waals surface area contributed by atoms with Crippen LogP contribution in [-0.4, -0.2) is 17.6 Å². The van der Waals surface area contributed by atoms with Crippen LogP contribution in [0.4, 0.5) is 0 Å². The third-order valence-corrected chi connectivity index (χ3v) is 9.38. The lowest BCUT2D eigenvalue weighted by Crippen LogP contribution is -2.44. The summed E-state index contributed by atoms with van der Waals surface area (Å²) >= 11 is 0. The van der Waals surface area contributed by atoms with E-state index in [9.17, 15) is 5.11 Å². The molecular weight excluding hydrogens is 226 g/mol. The second-order valence-electron chi connectivity index (χ2n) is 6.24. The fourth-order valence-electron chi connectivity index (χ4n) is 1.98. The fourth-order valence-corrected chi connectivity index (χ4v) is 3.95. The average Bonchev–Trinajstić information content (AvgIpc) is 2.58. The molecule has 0 unspecified atom stereocenters. The predicted octanol–water partition coefficient (Wildman–Crippen LogP) is 4.20. The van der Waals surface area contributed by atoms with Crippen LogP contribution in [0.25, 0.3) is 10.9 Å². The van der Waals surface area contributed by atoms with Crippen LogP contribution in [0, 0.1) is 0 Å². The first-order chi connectivity index (χ1) is 7.73. The van der Waals surface area contributed by atoms with E-state index in [0.29, 0.717) is 10.8 Å². The van der Waals surface area contributed by atoms with Crippen molar-refractivity contribution in [3.05, 3.63) is 30.5 Å². The molecule has 0 radical (unpaired) electrons. The number of nitrogens with zero attached hydrogens (tertiary/aromatic N) is 1. The number of rotatable bonds is 1. The van der Waals surface area contributed by atoms with Gasteiger partial charge in [0.2, 0.25) is 0 Å². The molecule has 0 saturated carbocycles. The number of benzene rings is 1. The maximum atomic E-state index is 9.50. The molecule has 2 nitrogen and oxygen atoms in total. The Bertz CT molecular complexity index is 549. The molecule has 2 aromatic rings. The monoisotopic (exact) mass is 247 g/mol. The molecule has 17 heavy (non-hydrogen) atoms. The van der Waals surface area contributed by atoms with Gasteiger partial charge in [0, 0.05) is 10.9 Å². The zero-order valence-corrected chi connectivity index (χ0v) is 12.3. The van der Waals surface area contributed by atoms with Crippen molar-refractivity contribution in [3.63, 3.8) is 0 Å². The van der Waals surface area contributed by atoms with Gasteiger partial charge in [0.05, 0.1) is 0 Å². The zero-order valence-electron chi connectivity index (χ0n) is 11.3. The number of phenolic OH excluding ortho intramolecular Hbond substituents is 1. The number of phenols is 1. The van der Waals surface area contributed by atoms with Crippen LogP contribution >= 0.6 is 0 Å². The highest BCUT2D eigenvalue weighted by Gasteiger charge is 2.37. The number of aromatic nitrogens is 1. The molecule has 0 fully saturated rings. The van der Waals surface area contributed by atoms with E-state index in [-0.39, 0.29) is 0 Å². The largest absolute Gasteiger partial charge is 0.508 e. The fraction of sp³-hybridized carbons (Fsp3) is 0.429. The van der Waals surface area contributed by atoms with Crippen LogP contribution in [0.3, 0.4) is 0 Å². The molecular formula is C14H21NOSi. The Labute approximate surface area is 104 Å². The standard InChI is InChI=1S/C14H21NOSi/c1-14(2,3)17(4,5)15-9-8-11-10-12(16)6-7-13(11)15/h6-10,16H,1-5H3. The summed E-state index contributed by atoms with van der Waals surface area (Å²) in [4.78, 5) is 0. The quantitative estimate of drug-likeness (QED) is 0.751. The van der Waals surface area contributed by atoms with Gasteiger partial charge in [-0.1, -0.05) is 33.9 Å². The molecule has 1 N–H and O–H groups in total. The number of hydrogen-bond donors (Lipinski definition) is 1. The van der Waals surface area contributed by atoms with Crippen molar-refractivity contribution in [2.75, 3.05) is 0 Å². The second-order valence-corrected chi connectivity index (χ2v) is 11.3. The minimum atomic E-state index is -1.58. The topological polar surface area (TPSA) is 25.2 Å². The predicted molar refractivity (Wildman–Crippen MR) is 76.2 cm³/mol. The molecule has 3 heteroatoms. The Morgan fingerprint density at radius 3 is 2.35 bits per heavy atom. The Balaban J connectivity index is 2.65. The van der Waals surface area contributed by atoms with Crippen molar-refractivity contribution < 1.29 is 5.11 Å². The summed E-state index contributed by atoms with van der Waals surface area (Å²) in [6, 6.07) is 7.71. The Kier molecular flexibility index (Phi) is 2.62. The van der Waals surface area contributed by atoms with Crippen molar-refractivity contribution in [2.45, 2.75) is 38.9 Å². The summed E-state index contributed by atoms with van der Waals surface area (Å²) in [5, 5.41) is 10.9. The lowest BCUT2D eigenvalue weighted by atomic mass is 10.2. The molecule has 0 spiro atoms. The molecule has 92 valence electrons. The van der Waals surface area contributed by atoms with Crippen LogP contribution in [0.2, 0.25) is 18.1 Å². The SMILES string of the molecule is CC(C)(C)[Si](C)(C)n1ccc2cc(O)ccc21. The molecule has 0 aliphatic heterocycles. The van der Waals surface area contributed by atoms with Crippen LogP contribution in [0.5, 0.6) is 5.75 Å². The Morgan fingerprint density at radius 2 is 1.76 bits per heavy atom. The van der Waals surface area contributed by atoms with Crippen LogP contribution in [0.15, 0.2) is 30.5 Å². The smallest absolute Gasteiger partial charge is 0.161 e. The molecule has 0 atom stereocenters. The van der Waals surface area contributed by atoms with Crippen LogP contribution in [-0.2, 0) is 0 Å². The van der Waals surface area contributed by atoms with Crippen LogP contribution < -0.4 is 0 Å². The van der Waals surface area contributed by atoms with Crippen molar-refractivity contribution in [3.8, 4) is 5.75 Å². The maximum Gasteiger partial charge on any atom is 0.161 e. The van der Waals surface area contributed by atoms with Gasteiger partial charge in [0.15, 0.2) is 8.24 Å². The molecule has 2 rings (SSSR count). The van der Waals surface area contributed by atoms with Gasteiger partial charge < -0.3 is 9.34 Å². The average molecular weight is 247 g/mol. The van der Waals surface area contributed by atoms with Gasteiger partial charge in [-0.15, -0.1) is 0 Å². The Hall–Kier alpha value is -1.22. The van der Waals surface area contributed by atoms with E-state index in [2.05, 4.69) is 50.4 Å². The summed E-state index contributed by atoms with van der Waals surface area (Å²) < 4.78 is 2.43. The summed E-state index contributed by atoms with van der Waals surface area (Å²) in [7, 11) is -1.58. The molecule has 1 heterocycles. The zero-order chi connectivity index (χ0) is 12.8. The van der Waals surface area contributed by atoms with E-state index >= 15 is 0 Å². The first-order valence-electron chi connectivity index (χ1n) is 6.04. The van der Waals surface area contributed by atoms with E-state index in [0.717, 1.165) is 5.39 Å². The molecule has 0 aliphatic carbocycles. The van der Waals surface area contributed by atoms with E-state index in [1.165, 1.54) is 5.52 Å². The molecule has 0 saturated heterocycles. The number of fused-ring (bicyclic) bond motifs is 1. The Morgan fingerprint density at radius 1 is 1.12 bits per heavy atom. The molecule has 0 bridgehead atoms. The first-order valence-corrected chi connectivity index (χ1v) is 8.99. The highest BCUT2D eigenvalue weighted by Crippen LogP contribution is 2.39. The van der Waals surface area contributed by atoms with Crippen molar-refractivity contribution in [1.29, 1.82) is 0 Å². The molecule has 1 aromatic heterocycles. The van der Waals surface area contributed by atoms with Crippen LogP contribution in [0.1, 0.15) is 20.8 Å². The molecule has 1 aromatic carbocycles. The summed E-state index contributed by atoms with van der Waals surface area (Å²) in [6.07, 6.45) is 2.17. The van der Waals surface area contributed by atoms with E-state index in [4.69, 9.17) is 0 Å². The van der Waals surface area contributed by atoms with Gasteiger partial charge >= 0.3 is 0 Å². The van der Waals surface area contributed by atoms with E-state index < -0.39 is 8.24 Å². The van der Waals surface area contributed by atoms with E-state index in [1.807, 2.05) is 12.1 Å². The second kappa shape index (κ2) is 3.64. The number of aromatic hydroxyl groups is 1. The summed E-state index contributed by atoms with van der Waals surface area (Å²) in [5.41, 5.74) is 1.23. The van der Waals surface area contributed by atoms with Crippen molar-refractivity contribution in [2.24, 2.45) is 0 Å². The van der Waals surface area contributed by atoms with Gasteiger partial charge in [-0.2, -0.15) is 0 Å². The normalized spacial score (nSPS) is 13.2. The number of hydrogen-bond acceptors (Lipinski definition) is 1. The third-order valence-electron chi connectivity index (χ3n) is 4.11. The first kappa shape index (κ1) is 12.2. The third kappa shape index (κ3) is 1.88. The molecule has 0 amide bonds. The minimum absolute atomic E-state index is 0.302. The lowest BCUT2D eigenvalue weighted by Gasteiger charge is -2.38. The van der Waals surface area contributed by atoms with Gasteiger partial charge in [-0.25, -0.2) is 0 Å². The highest BCUT2D eigenvalue weighted by atomic mass is 28.3. The maximum absolute atomic E-state index is 9.50. The van der Waals surface area contributed by atoms with Gasteiger partial charge in [-0.3, -0.25) is 0 Å². The molecule has 0 aliphatic rings. The van der Waals surface area contributed by atoms with Gasteiger partial charge in [0.1, 0.15) is 5.75 Å². The van der Waals surface area contributed by atoms with Crippen molar-refractivity contribution >= 4 is 19.1 Å². The van der Waals surface area contributed by atoms with E-state index in [1.54, 1.807) is 6.07 Å². The summed E-state index contributed by atoms with van der Waals surface area (Å²) in [5.74, 6) is 0.338. The van der Waals surface area contributed by atoms with Gasteiger partial charge in [-0.05, 0) is 35.5 Å². The van der Waals surface area contributed by atoms with Gasteiger partial charge in [0.25, 0.3) is 0 Å². The minimum Gasteiger partial charge on any atom is -0.508 e. The highest BCUT2D eigenvalue weighted by molar-refractivity contribution is 6.79. The van der Waals surface area contributed by atoms with Crippen molar-refractivity contribution in [1.82, 2.24) is 4.23 Å². The summed E-state index contributed by atoms with van der Waals surface area (Å²) in [6.45, 7) is 11.7. The lowest BCUT2D eigenvalue weighted by molar-refractivity contribution is 0.476.